The molecule has 0 aliphatic heterocycles. The van der Waals surface area contributed by atoms with Crippen LogP contribution in [-0.2, 0) is 5.41 Å². The number of nitrogens with one attached hydrogen (secondary N) is 1. The maximum Gasteiger partial charge on any atom is 0.415 e. The molecule has 1 fully saturated rings. The smallest absolute Gasteiger partial charge is 0.415 e. The van der Waals surface area contributed by atoms with Crippen LogP contribution in [0, 0.1) is 0 Å². The van der Waals surface area contributed by atoms with Gasteiger partial charge < -0.3 is 19.7 Å². The lowest BCUT2D eigenvalue weighted by molar-refractivity contribution is 0.0918. The first-order valence-electron chi connectivity index (χ1n) is 12.0. The van der Waals surface area contributed by atoms with Gasteiger partial charge in [-0.1, -0.05) is 60.7 Å². The first kappa shape index (κ1) is 24.3. The number of amides is 2. The van der Waals surface area contributed by atoms with Gasteiger partial charge >= 0.3 is 6.09 Å². The lowest BCUT2D eigenvalue weighted by Crippen LogP contribution is -2.48. The average molecular weight is 473 g/mol. The molecule has 0 aromatic heterocycles. The van der Waals surface area contributed by atoms with E-state index in [1.807, 2.05) is 48.5 Å². The van der Waals surface area contributed by atoms with Crippen molar-refractivity contribution in [2.45, 2.75) is 37.1 Å². The molecule has 0 saturated heterocycles. The summed E-state index contributed by atoms with van der Waals surface area (Å²) in [6.45, 7) is 0.513. The molecule has 0 heterocycles. The highest BCUT2D eigenvalue weighted by Gasteiger charge is 2.39. The zero-order valence-electron chi connectivity index (χ0n) is 20.3. The lowest BCUT2D eigenvalue weighted by Gasteiger charge is -2.43. The summed E-state index contributed by atoms with van der Waals surface area (Å²) in [5.74, 6) is 0.947. The summed E-state index contributed by atoms with van der Waals surface area (Å²) in [5, 5.41) is 3.16. The molecule has 1 N–H and O–H groups in total. The highest BCUT2D eigenvalue weighted by molar-refractivity contribution is 5.97. The lowest BCUT2D eigenvalue weighted by atomic mass is 9.68. The molecule has 0 radical (unpaired) electrons. The molecular weight excluding hydrogens is 440 g/mol. The summed E-state index contributed by atoms with van der Waals surface area (Å²) in [7, 11) is 3.37. The van der Waals surface area contributed by atoms with Crippen molar-refractivity contribution in [3.63, 3.8) is 0 Å². The molecule has 4 rings (SSSR count). The van der Waals surface area contributed by atoms with Gasteiger partial charge in [0, 0.05) is 25.0 Å². The normalized spacial score (nSPS) is 19.4. The Labute approximate surface area is 206 Å². The van der Waals surface area contributed by atoms with Gasteiger partial charge in [-0.05, 0) is 55.5 Å². The van der Waals surface area contributed by atoms with Crippen LogP contribution in [0.1, 0.15) is 41.6 Å². The van der Waals surface area contributed by atoms with Crippen molar-refractivity contribution in [2.75, 3.05) is 20.7 Å². The molecule has 0 bridgehead atoms. The topological polar surface area (TPSA) is 67.9 Å². The van der Waals surface area contributed by atoms with Gasteiger partial charge in [-0.2, -0.15) is 0 Å². The van der Waals surface area contributed by atoms with Gasteiger partial charge in [0.1, 0.15) is 11.5 Å². The van der Waals surface area contributed by atoms with Crippen LogP contribution in [0.15, 0.2) is 84.9 Å². The second-order valence-electron chi connectivity index (χ2n) is 9.05. The van der Waals surface area contributed by atoms with E-state index in [9.17, 15) is 9.59 Å². The zero-order valence-corrected chi connectivity index (χ0v) is 20.3. The van der Waals surface area contributed by atoms with Crippen LogP contribution in [0.3, 0.4) is 0 Å². The number of hydrogen-bond donors (Lipinski definition) is 1. The first-order valence-corrected chi connectivity index (χ1v) is 12.0. The minimum Gasteiger partial charge on any atom is -0.496 e. The number of methoxy groups -OCH3 is 1. The number of carbonyl (C=O) groups is 2. The molecule has 0 unspecified atom stereocenters. The van der Waals surface area contributed by atoms with Crippen molar-refractivity contribution in [1.82, 2.24) is 10.2 Å². The maximum absolute atomic E-state index is 13.0. The number of para-hydroxylation sites is 2. The molecule has 1 saturated carbocycles. The van der Waals surface area contributed by atoms with Crippen molar-refractivity contribution < 1.29 is 19.1 Å². The average Bonchev–Trinajstić information content (AvgIpc) is 2.92. The maximum atomic E-state index is 13.0. The van der Waals surface area contributed by atoms with Gasteiger partial charge in [0.05, 0.1) is 12.7 Å². The molecule has 3 aromatic carbocycles. The fourth-order valence-corrected chi connectivity index (χ4v) is 4.89. The Morgan fingerprint density at radius 1 is 0.914 bits per heavy atom. The predicted octanol–water partition coefficient (Wildman–Crippen LogP) is 5.44. The van der Waals surface area contributed by atoms with E-state index in [0.717, 1.165) is 25.7 Å². The van der Waals surface area contributed by atoms with Crippen LogP contribution >= 0.6 is 0 Å². The molecule has 6 nitrogen and oxygen atoms in total. The highest BCUT2D eigenvalue weighted by atomic mass is 16.6. The number of ether oxygens (including phenoxy) is 2. The number of rotatable bonds is 7. The van der Waals surface area contributed by atoms with E-state index in [2.05, 4.69) is 17.4 Å². The molecule has 35 heavy (non-hydrogen) atoms. The number of carbonyl (C=O) groups excluding carboxylic acids is 2. The first-order chi connectivity index (χ1) is 17.0. The summed E-state index contributed by atoms with van der Waals surface area (Å²) in [5.41, 5.74) is 1.52. The summed E-state index contributed by atoms with van der Waals surface area (Å²) in [6, 6.07) is 26.8. The molecule has 2 amide bonds. The highest BCUT2D eigenvalue weighted by Crippen LogP contribution is 2.40. The Balaban J connectivity index is 1.45. The van der Waals surface area contributed by atoms with Gasteiger partial charge in [-0.3, -0.25) is 4.79 Å². The van der Waals surface area contributed by atoms with Crippen LogP contribution < -0.4 is 14.8 Å². The van der Waals surface area contributed by atoms with Crippen molar-refractivity contribution in [2.24, 2.45) is 0 Å². The summed E-state index contributed by atoms with van der Waals surface area (Å²) < 4.78 is 10.9. The van der Waals surface area contributed by atoms with E-state index in [1.165, 1.54) is 5.56 Å². The molecule has 0 atom stereocenters. The summed E-state index contributed by atoms with van der Waals surface area (Å²) >= 11 is 0. The van der Waals surface area contributed by atoms with Gasteiger partial charge in [-0.25, -0.2) is 4.79 Å². The molecule has 1 aliphatic carbocycles. The van der Waals surface area contributed by atoms with Crippen LogP contribution in [0.2, 0.25) is 0 Å². The van der Waals surface area contributed by atoms with E-state index >= 15 is 0 Å². The summed E-state index contributed by atoms with van der Waals surface area (Å²) in [6.07, 6.45) is 2.98. The Morgan fingerprint density at radius 2 is 1.51 bits per heavy atom. The van der Waals surface area contributed by atoms with Crippen LogP contribution in [0.4, 0.5) is 4.79 Å². The van der Waals surface area contributed by atoms with Gasteiger partial charge in [0.15, 0.2) is 0 Å². The Kier molecular flexibility index (Phi) is 7.70. The standard InChI is InChI=1S/C29H32N2O4/c1-31(28(33)35-24-13-7-4-8-14-24)23-17-19-29(20-18-23,22-11-5-3-6-12-22)21-30-27(32)25-15-9-10-16-26(25)34-2/h3-16,23H,17-21H2,1-2H3,(H,30,32)/t23-,29-. The van der Waals surface area contributed by atoms with E-state index < -0.39 is 0 Å². The van der Waals surface area contributed by atoms with Gasteiger partial charge in [0.2, 0.25) is 0 Å². The third-order valence-corrected chi connectivity index (χ3v) is 7.02. The molecule has 182 valence electrons. The number of hydrogen-bond acceptors (Lipinski definition) is 4. The van der Waals surface area contributed by atoms with Crippen molar-refractivity contribution in [3.05, 3.63) is 96.1 Å². The molecule has 6 heteroatoms. The second kappa shape index (κ2) is 11.1. The number of benzene rings is 3. The van der Waals surface area contributed by atoms with E-state index in [4.69, 9.17) is 9.47 Å². The van der Waals surface area contributed by atoms with Crippen LogP contribution in [-0.4, -0.2) is 43.6 Å². The minimum absolute atomic E-state index is 0.0768. The third kappa shape index (κ3) is 5.65. The SMILES string of the molecule is COc1ccccc1C(=O)NC[C@]1(c2ccccc2)CC[C@H](N(C)C(=O)Oc2ccccc2)CC1. The Morgan fingerprint density at radius 3 is 2.17 bits per heavy atom. The number of nitrogens with zero attached hydrogens (tertiary/aromatic N) is 1. The van der Waals surface area contributed by atoms with E-state index in [1.54, 1.807) is 43.3 Å². The fourth-order valence-electron chi connectivity index (χ4n) is 4.89. The van der Waals surface area contributed by atoms with E-state index in [-0.39, 0.29) is 23.5 Å². The monoisotopic (exact) mass is 472 g/mol. The van der Waals surface area contributed by atoms with Crippen molar-refractivity contribution in [1.29, 1.82) is 0 Å². The quantitative estimate of drug-likeness (QED) is 0.497. The van der Waals surface area contributed by atoms with Gasteiger partial charge in [-0.15, -0.1) is 0 Å². The molecule has 0 spiro atoms. The molecule has 1 aliphatic rings. The molecule has 3 aromatic rings. The largest absolute Gasteiger partial charge is 0.496 e. The van der Waals surface area contributed by atoms with Crippen molar-refractivity contribution >= 4 is 12.0 Å². The van der Waals surface area contributed by atoms with Crippen LogP contribution in [0.25, 0.3) is 0 Å². The predicted molar refractivity (Wildman–Crippen MR) is 136 cm³/mol. The minimum atomic E-state index is -0.349. The molecular formula is C29H32N2O4. The van der Waals surface area contributed by atoms with Crippen LogP contribution in [0.5, 0.6) is 11.5 Å². The van der Waals surface area contributed by atoms with Gasteiger partial charge in [0.25, 0.3) is 5.91 Å². The van der Waals surface area contributed by atoms with Crippen molar-refractivity contribution in [3.8, 4) is 11.5 Å². The van der Waals surface area contributed by atoms with E-state index in [0.29, 0.717) is 23.6 Å². The fraction of sp³-hybridized carbons (Fsp3) is 0.310. The Bertz CT molecular complexity index is 1130. The second-order valence-corrected chi connectivity index (χ2v) is 9.05. The third-order valence-electron chi connectivity index (χ3n) is 7.02. The zero-order chi connectivity index (χ0) is 24.7. The Hall–Kier alpha value is -3.80. The summed E-state index contributed by atoms with van der Waals surface area (Å²) in [4.78, 5) is 27.4.